The maximum atomic E-state index is 12.1. The van der Waals surface area contributed by atoms with Crippen LogP contribution < -0.4 is 4.74 Å². The fraction of sp³-hybridized carbons (Fsp3) is 0.533. The van der Waals surface area contributed by atoms with Gasteiger partial charge in [0.2, 0.25) is 5.78 Å². The van der Waals surface area contributed by atoms with E-state index in [9.17, 15) is 4.79 Å². The van der Waals surface area contributed by atoms with Gasteiger partial charge in [0, 0.05) is 5.56 Å². The average Bonchev–Trinajstić information content (AvgIpc) is 2.55. The van der Waals surface area contributed by atoms with Crippen molar-refractivity contribution in [2.75, 3.05) is 0 Å². The molecule has 92 valence electrons. The Morgan fingerprint density at radius 3 is 2.59 bits per heavy atom. The van der Waals surface area contributed by atoms with Crippen LogP contribution in [0, 0.1) is 0 Å². The van der Waals surface area contributed by atoms with Gasteiger partial charge >= 0.3 is 0 Å². The van der Waals surface area contributed by atoms with Crippen molar-refractivity contribution in [1.82, 2.24) is 0 Å². The van der Waals surface area contributed by atoms with Gasteiger partial charge in [-0.25, -0.2) is 0 Å². The van der Waals surface area contributed by atoms with Gasteiger partial charge in [0.05, 0.1) is 5.56 Å². The van der Waals surface area contributed by atoms with Crippen LogP contribution in [-0.4, -0.2) is 11.9 Å². The molecule has 0 saturated carbocycles. The topological polar surface area (TPSA) is 26.3 Å². The molecule has 1 heterocycles. The minimum Gasteiger partial charge on any atom is -0.481 e. The predicted octanol–water partition coefficient (Wildman–Crippen LogP) is 3.73. The molecule has 0 aliphatic carbocycles. The number of para-hydroxylation sites is 1. The summed E-state index contributed by atoms with van der Waals surface area (Å²) in [6.45, 7) is 8.50. The van der Waals surface area contributed by atoms with Gasteiger partial charge in [0.25, 0.3) is 0 Å². The van der Waals surface area contributed by atoms with Crippen molar-refractivity contribution in [2.45, 2.75) is 52.1 Å². The fourth-order valence-corrected chi connectivity index (χ4v) is 2.27. The third-order valence-corrected chi connectivity index (χ3v) is 3.19. The van der Waals surface area contributed by atoms with E-state index >= 15 is 0 Å². The lowest BCUT2D eigenvalue weighted by Gasteiger charge is -2.21. The van der Waals surface area contributed by atoms with Crippen LogP contribution in [-0.2, 0) is 5.41 Å². The summed E-state index contributed by atoms with van der Waals surface area (Å²) in [4.78, 5) is 12.1. The highest BCUT2D eigenvalue weighted by molar-refractivity contribution is 6.05. The predicted molar refractivity (Wildman–Crippen MR) is 68.8 cm³/mol. The molecular formula is C15H20O2. The summed E-state index contributed by atoms with van der Waals surface area (Å²) in [6.07, 6.45) is 1.50. The second-order valence-corrected chi connectivity index (χ2v) is 5.69. The Morgan fingerprint density at radius 2 is 2.00 bits per heavy atom. The minimum absolute atomic E-state index is 0.00667. The molecule has 2 nitrogen and oxygen atoms in total. The molecule has 0 aromatic heterocycles. The Balaban J connectivity index is 2.44. The molecule has 1 aromatic rings. The Hall–Kier alpha value is -1.31. The van der Waals surface area contributed by atoms with Gasteiger partial charge in [-0.1, -0.05) is 46.2 Å². The summed E-state index contributed by atoms with van der Waals surface area (Å²) >= 11 is 0. The minimum atomic E-state index is -0.265. The van der Waals surface area contributed by atoms with Gasteiger partial charge in [0.1, 0.15) is 5.75 Å². The molecule has 0 radical (unpaired) electrons. The van der Waals surface area contributed by atoms with Crippen LogP contribution >= 0.6 is 0 Å². The summed E-state index contributed by atoms with van der Waals surface area (Å²) in [5.41, 5.74) is 1.89. The van der Waals surface area contributed by atoms with Crippen LogP contribution in [0.15, 0.2) is 18.2 Å². The molecule has 0 saturated heterocycles. The molecule has 1 atom stereocenters. The quantitative estimate of drug-likeness (QED) is 0.776. The van der Waals surface area contributed by atoms with Crippen LogP contribution in [0.5, 0.6) is 5.75 Å². The zero-order valence-corrected chi connectivity index (χ0v) is 11.0. The molecule has 0 bridgehead atoms. The van der Waals surface area contributed by atoms with Gasteiger partial charge in [-0.3, -0.25) is 4.79 Å². The largest absolute Gasteiger partial charge is 0.481 e. The third-order valence-electron chi connectivity index (χ3n) is 3.19. The number of rotatable bonds is 2. The standard InChI is InChI=1S/C15H20O2/c1-5-7-12-13(16)10-8-6-9-11(14(10)17-12)15(2,3)4/h6,8-9,12H,5,7H2,1-4H3. The summed E-state index contributed by atoms with van der Waals surface area (Å²) in [5.74, 6) is 0.955. The number of fused-ring (bicyclic) bond motifs is 1. The number of carbonyl (C=O) groups is 1. The van der Waals surface area contributed by atoms with E-state index in [4.69, 9.17) is 4.74 Å². The van der Waals surface area contributed by atoms with E-state index < -0.39 is 0 Å². The van der Waals surface area contributed by atoms with E-state index in [0.29, 0.717) is 0 Å². The average molecular weight is 232 g/mol. The normalized spacial score (nSPS) is 19.1. The second kappa shape index (κ2) is 4.17. The smallest absolute Gasteiger partial charge is 0.207 e. The molecule has 17 heavy (non-hydrogen) atoms. The fourth-order valence-electron chi connectivity index (χ4n) is 2.27. The first-order valence-corrected chi connectivity index (χ1v) is 6.29. The molecule has 0 amide bonds. The van der Waals surface area contributed by atoms with Gasteiger partial charge in [0.15, 0.2) is 6.10 Å². The number of hydrogen-bond donors (Lipinski definition) is 0. The van der Waals surface area contributed by atoms with E-state index in [1.54, 1.807) is 0 Å². The van der Waals surface area contributed by atoms with Crippen molar-refractivity contribution < 1.29 is 9.53 Å². The Bertz CT molecular complexity index is 441. The number of ketones is 1. The summed E-state index contributed by atoms with van der Waals surface area (Å²) in [7, 11) is 0. The first kappa shape index (κ1) is 12.2. The summed E-state index contributed by atoms with van der Waals surface area (Å²) in [5, 5.41) is 0. The molecule has 1 aliphatic rings. The lowest BCUT2D eigenvalue weighted by Crippen LogP contribution is -2.20. The van der Waals surface area contributed by atoms with E-state index in [2.05, 4.69) is 33.8 Å². The van der Waals surface area contributed by atoms with Crippen LogP contribution in [0.2, 0.25) is 0 Å². The zero-order valence-electron chi connectivity index (χ0n) is 11.0. The van der Waals surface area contributed by atoms with Crippen LogP contribution in [0.4, 0.5) is 0 Å². The maximum Gasteiger partial charge on any atom is 0.207 e. The molecule has 0 N–H and O–H groups in total. The van der Waals surface area contributed by atoms with E-state index in [1.807, 2.05) is 12.1 Å². The number of carbonyl (C=O) groups excluding carboxylic acids is 1. The monoisotopic (exact) mass is 232 g/mol. The Morgan fingerprint density at radius 1 is 1.29 bits per heavy atom. The van der Waals surface area contributed by atoms with E-state index in [-0.39, 0.29) is 17.3 Å². The van der Waals surface area contributed by atoms with Crippen LogP contribution in [0.25, 0.3) is 0 Å². The maximum absolute atomic E-state index is 12.1. The highest BCUT2D eigenvalue weighted by atomic mass is 16.5. The Labute approximate surface area is 103 Å². The lowest BCUT2D eigenvalue weighted by atomic mass is 9.85. The van der Waals surface area contributed by atoms with Crippen molar-refractivity contribution in [3.63, 3.8) is 0 Å². The van der Waals surface area contributed by atoms with Crippen molar-refractivity contribution in [3.8, 4) is 5.75 Å². The van der Waals surface area contributed by atoms with Crippen molar-refractivity contribution in [2.24, 2.45) is 0 Å². The first-order chi connectivity index (χ1) is 7.95. The molecule has 0 spiro atoms. The lowest BCUT2D eigenvalue weighted by molar-refractivity contribution is 0.0844. The van der Waals surface area contributed by atoms with Crippen LogP contribution in [0.1, 0.15) is 56.5 Å². The van der Waals surface area contributed by atoms with Gasteiger partial charge in [-0.05, 0) is 17.9 Å². The molecule has 0 fully saturated rings. The molecule has 2 heteroatoms. The number of Topliss-reactive ketones (excluding diaryl/α,β-unsaturated/α-hetero) is 1. The van der Waals surface area contributed by atoms with Crippen molar-refractivity contribution in [3.05, 3.63) is 29.3 Å². The molecular weight excluding hydrogens is 212 g/mol. The van der Waals surface area contributed by atoms with Crippen molar-refractivity contribution >= 4 is 5.78 Å². The van der Waals surface area contributed by atoms with Crippen molar-refractivity contribution in [1.29, 1.82) is 0 Å². The SMILES string of the molecule is CCCC1Oc2c(cccc2C(C)(C)C)C1=O. The summed E-state index contributed by atoms with van der Waals surface area (Å²) < 4.78 is 5.87. The van der Waals surface area contributed by atoms with Gasteiger partial charge in [-0.15, -0.1) is 0 Å². The molecule has 1 aliphatic heterocycles. The number of ether oxygens (including phenoxy) is 1. The third kappa shape index (κ3) is 2.08. The molecule has 1 unspecified atom stereocenters. The zero-order chi connectivity index (χ0) is 12.6. The Kier molecular flexibility index (Phi) is 2.98. The first-order valence-electron chi connectivity index (χ1n) is 6.29. The highest BCUT2D eigenvalue weighted by Crippen LogP contribution is 2.39. The van der Waals surface area contributed by atoms with Gasteiger partial charge in [-0.2, -0.15) is 0 Å². The van der Waals surface area contributed by atoms with E-state index in [0.717, 1.165) is 29.7 Å². The van der Waals surface area contributed by atoms with E-state index in [1.165, 1.54) is 0 Å². The van der Waals surface area contributed by atoms with Gasteiger partial charge < -0.3 is 4.74 Å². The summed E-state index contributed by atoms with van der Waals surface area (Å²) in [6, 6.07) is 5.89. The molecule has 1 aromatic carbocycles. The highest BCUT2D eigenvalue weighted by Gasteiger charge is 2.35. The molecule has 2 rings (SSSR count). The van der Waals surface area contributed by atoms with Crippen LogP contribution in [0.3, 0.4) is 0 Å². The second-order valence-electron chi connectivity index (χ2n) is 5.69. The number of hydrogen-bond acceptors (Lipinski definition) is 2. The number of benzene rings is 1.